The Hall–Kier alpha value is 0.550. The molecular formula is C12H15BrOS3. The van der Waals surface area contributed by atoms with Crippen LogP contribution in [0.5, 0.6) is 0 Å². The van der Waals surface area contributed by atoms with Gasteiger partial charge in [-0.15, -0.1) is 23.1 Å². The van der Waals surface area contributed by atoms with Gasteiger partial charge >= 0.3 is 0 Å². The van der Waals surface area contributed by atoms with Crippen LogP contribution < -0.4 is 0 Å². The van der Waals surface area contributed by atoms with Crippen LogP contribution in [0.1, 0.15) is 18.2 Å². The van der Waals surface area contributed by atoms with E-state index in [4.69, 9.17) is 0 Å². The fourth-order valence-electron chi connectivity index (χ4n) is 1.92. The number of carbonyl (C=O) groups excluding carboxylic acids is 1. The maximum absolute atomic E-state index is 12.3. The van der Waals surface area contributed by atoms with Crippen LogP contribution in [0.2, 0.25) is 0 Å². The van der Waals surface area contributed by atoms with Crippen LogP contribution in [0.15, 0.2) is 15.9 Å². The summed E-state index contributed by atoms with van der Waals surface area (Å²) in [7, 11) is 0. The topological polar surface area (TPSA) is 17.1 Å². The number of carbonyl (C=O) groups is 1. The summed E-state index contributed by atoms with van der Waals surface area (Å²) < 4.78 is 1.09. The zero-order valence-electron chi connectivity index (χ0n) is 9.65. The van der Waals surface area contributed by atoms with Crippen LogP contribution >= 0.6 is 50.8 Å². The highest BCUT2D eigenvalue weighted by Gasteiger charge is 2.30. The number of halogens is 1. The Morgan fingerprint density at radius 3 is 2.88 bits per heavy atom. The predicted molar refractivity (Wildman–Crippen MR) is 83.5 cm³/mol. The summed E-state index contributed by atoms with van der Waals surface area (Å²) in [6.07, 6.45) is 1.70. The molecule has 1 nitrogen and oxygen atoms in total. The lowest BCUT2D eigenvalue weighted by Crippen LogP contribution is -2.33. The SMILES string of the molecule is CCC1SCCSC1C(=O)Cc1cc(Br)cs1. The molecule has 1 aromatic rings. The second-order valence-electron chi connectivity index (χ2n) is 3.98. The van der Waals surface area contributed by atoms with Crippen LogP contribution in [0.25, 0.3) is 0 Å². The summed E-state index contributed by atoms with van der Waals surface area (Å²) in [5, 5.41) is 2.77. The summed E-state index contributed by atoms with van der Waals surface area (Å²) in [5.41, 5.74) is 0. The summed E-state index contributed by atoms with van der Waals surface area (Å²) >= 11 is 8.92. The molecule has 0 bridgehead atoms. The van der Waals surface area contributed by atoms with Gasteiger partial charge in [0.25, 0.3) is 0 Å². The normalized spacial score (nSPS) is 24.8. The van der Waals surface area contributed by atoms with Gasteiger partial charge in [-0.3, -0.25) is 4.79 Å². The fraction of sp³-hybridized carbons (Fsp3) is 0.583. The van der Waals surface area contributed by atoms with E-state index in [-0.39, 0.29) is 5.25 Å². The van der Waals surface area contributed by atoms with E-state index in [1.807, 2.05) is 28.9 Å². The Kier molecular flexibility index (Phi) is 5.46. The summed E-state index contributed by atoms with van der Waals surface area (Å²) in [6, 6.07) is 2.06. The molecule has 5 heteroatoms. The summed E-state index contributed by atoms with van der Waals surface area (Å²) in [4.78, 5) is 13.5. The number of hydrogen-bond donors (Lipinski definition) is 0. The predicted octanol–water partition coefficient (Wildman–Crippen LogP) is 4.25. The minimum Gasteiger partial charge on any atom is -0.298 e. The molecule has 0 saturated carbocycles. The highest BCUT2D eigenvalue weighted by molar-refractivity contribution is 9.10. The number of thiophene rings is 1. The van der Waals surface area contributed by atoms with Gasteiger partial charge in [0.2, 0.25) is 0 Å². The average molecular weight is 351 g/mol. The van der Waals surface area contributed by atoms with Gasteiger partial charge in [-0.05, 0) is 28.4 Å². The van der Waals surface area contributed by atoms with E-state index in [2.05, 4.69) is 28.9 Å². The van der Waals surface area contributed by atoms with Crippen molar-refractivity contribution in [3.05, 3.63) is 20.8 Å². The molecule has 0 radical (unpaired) electrons. The zero-order chi connectivity index (χ0) is 12.3. The average Bonchev–Trinajstić information content (AvgIpc) is 2.74. The maximum Gasteiger partial charge on any atom is 0.152 e. The van der Waals surface area contributed by atoms with Crippen LogP contribution in [0.3, 0.4) is 0 Å². The minimum atomic E-state index is 0.208. The highest BCUT2D eigenvalue weighted by Crippen LogP contribution is 2.34. The van der Waals surface area contributed by atoms with Gasteiger partial charge < -0.3 is 0 Å². The largest absolute Gasteiger partial charge is 0.298 e. The lowest BCUT2D eigenvalue weighted by molar-refractivity contribution is -0.117. The van der Waals surface area contributed by atoms with E-state index in [1.54, 1.807) is 11.3 Å². The van der Waals surface area contributed by atoms with E-state index in [0.29, 0.717) is 17.5 Å². The first-order valence-electron chi connectivity index (χ1n) is 5.69. The third kappa shape index (κ3) is 3.75. The fourth-order valence-corrected chi connectivity index (χ4v) is 6.42. The van der Waals surface area contributed by atoms with Crippen molar-refractivity contribution < 1.29 is 4.79 Å². The monoisotopic (exact) mass is 350 g/mol. The quantitative estimate of drug-likeness (QED) is 0.807. The summed E-state index contributed by atoms with van der Waals surface area (Å²) in [6.45, 7) is 2.19. The lowest BCUT2D eigenvalue weighted by atomic mass is 10.1. The van der Waals surface area contributed by atoms with E-state index >= 15 is 0 Å². The Balaban J connectivity index is 1.98. The van der Waals surface area contributed by atoms with Gasteiger partial charge in [-0.2, -0.15) is 11.8 Å². The molecule has 17 heavy (non-hydrogen) atoms. The molecule has 0 amide bonds. The van der Waals surface area contributed by atoms with Crippen molar-refractivity contribution in [3.63, 3.8) is 0 Å². The molecule has 0 aromatic carbocycles. The van der Waals surface area contributed by atoms with E-state index in [9.17, 15) is 4.79 Å². The third-order valence-corrected chi connectivity index (χ3v) is 7.73. The van der Waals surface area contributed by atoms with Gasteiger partial charge in [0.15, 0.2) is 5.78 Å². The molecule has 2 heterocycles. The molecule has 2 rings (SSSR count). The maximum atomic E-state index is 12.3. The van der Waals surface area contributed by atoms with Crippen molar-refractivity contribution in [2.24, 2.45) is 0 Å². The first-order valence-corrected chi connectivity index (χ1v) is 9.46. The van der Waals surface area contributed by atoms with Gasteiger partial charge in [-0.25, -0.2) is 0 Å². The van der Waals surface area contributed by atoms with Crippen molar-refractivity contribution in [2.75, 3.05) is 11.5 Å². The number of ketones is 1. The van der Waals surface area contributed by atoms with E-state index in [0.717, 1.165) is 16.6 Å². The molecule has 1 aliphatic heterocycles. The van der Waals surface area contributed by atoms with Gasteiger partial charge in [0.1, 0.15) is 0 Å². The van der Waals surface area contributed by atoms with Crippen LogP contribution in [-0.2, 0) is 11.2 Å². The Bertz CT molecular complexity index is 391. The number of Topliss-reactive ketones (excluding diaryl/α,β-unsaturated/α-hetero) is 1. The summed E-state index contributed by atoms with van der Waals surface area (Å²) in [5.74, 6) is 2.71. The van der Waals surface area contributed by atoms with E-state index in [1.165, 1.54) is 10.6 Å². The highest BCUT2D eigenvalue weighted by atomic mass is 79.9. The molecule has 1 aliphatic rings. The standard InChI is InChI=1S/C12H15BrOS3/c1-2-11-12(16-4-3-15-11)10(14)6-9-5-8(13)7-17-9/h5,7,11-12H,2-4,6H2,1H3. The number of rotatable bonds is 4. The Morgan fingerprint density at radius 2 is 2.24 bits per heavy atom. The molecule has 1 saturated heterocycles. The molecule has 2 atom stereocenters. The van der Waals surface area contributed by atoms with Crippen molar-refractivity contribution in [1.82, 2.24) is 0 Å². The molecular weight excluding hydrogens is 336 g/mol. The Morgan fingerprint density at radius 1 is 1.47 bits per heavy atom. The molecule has 94 valence electrons. The first-order chi connectivity index (χ1) is 8.20. The van der Waals surface area contributed by atoms with Crippen LogP contribution in [0, 0.1) is 0 Å². The van der Waals surface area contributed by atoms with Crippen LogP contribution in [0.4, 0.5) is 0 Å². The van der Waals surface area contributed by atoms with Crippen molar-refractivity contribution >= 4 is 56.6 Å². The molecule has 1 aromatic heterocycles. The zero-order valence-corrected chi connectivity index (χ0v) is 13.7. The van der Waals surface area contributed by atoms with Crippen molar-refractivity contribution in [1.29, 1.82) is 0 Å². The molecule has 0 N–H and O–H groups in total. The number of hydrogen-bond acceptors (Lipinski definition) is 4. The van der Waals surface area contributed by atoms with Crippen molar-refractivity contribution in [2.45, 2.75) is 30.3 Å². The van der Waals surface area contributed by atoms with Gasteiger partial charge in [-0.1, -0.05) is 6.92 Å². The first kappa shape index (κ1) is 14.0. The van der Waals surface area contributed by atoms with Gasteiger partial charge in [0.05, 0.1) is 5.25 Å². The molecule has 0 spiro atoms. The molecule has 0 aliphatic carbocycles. The third-order valence-electron chi connectivity index (χ3n) is 2.74. The van der Waals surface area contributed by atoms with E-state index < -0.39 is 0 Å². The Labute approximate surface area is 123 Å². The number of thioether (sulfide) groups is 2. The van der Waals surface area contributed by atoms with Gasteiger partial charge in [0, 0.05) is 37.9 Å². The molecule has 1 fully saturated rings. The second kappa shape index (κ2) is 6.64. The molecule has 2 unspecified atom stereocenters. The van der Waals surface area contributed by atoms with Crippen LogP contribution in [-0.4, -0.2) is 27.8 Å². The minimum absolute atomic E-state index is 0.208. The second-order valence-corrected chi connectivity index (χ2v) is 8.49. The lowest BCUT2D eigenvalue weighted by Gasteiger charge is -2.28. The van der Waals surface area contributed by atoms with Crippen molar-refractivity contribution in [3.8, 4) is 0 Å². The smallest absolute Gasteiger partial charge is 0.152 e.